The highest BCUT2D eigenvalue weighted by Crippen LogP contribution is 2.27. The summed E-state index contributed by atoms with van der Waals surface area (Å²) in [4.78, 5) is 25.6. The number of aromatic nitrogens is 4. The van der Waals surface area contributed by atoms with E-state index in [2.05, 4.69) is 15.5 Å². The highest BCUT2D eigenvalue weighted by molar-refractivity contribution is 7.99. The number of tetrazole rings is 1. The van der Waals surface area contributed by atoms with Crippen molar-refractivity contribution in [1.82, 2.24) is 25.1 Å². The SMILES string of the molecule is COc1ccc(C)cc1-n1nnnc1SCC(=O)N1CCC[C@H](C(N)=O)C1. The molecule has 1 aromatic carbocycles. The van der Waals surface area contributed by atoms with Crippen LogP contribution >= 0.6 is 11.8 Å². The molecule has 10 heteroatoms. The maximum atomic E-state index is 12.5. The summed E-state index contributed by atoms with van der Waals surface area (Å²) in [5.74, 6) is 0.142. The molecule has 1 aliphatic rings. The molecule has 0 bridgehead atoms. The van der Waals surface area contributed by atoms with Crippen molar-refractivity contribution >= 4 is 23.6 Å². The molecule has 0 radical (unpaired) electrons. The molecule has 0 saturated carbocycles. The smallest absolute Gasteiger partial charge is 0.233 e. The summed E-state index contributed by atoms with van der Waals surface area (Å²) in [5.41, 5.74) is 7.13. The van der Waals surface area contributed by atoms with Gasteiger partial charge in [0.1, 0.15) is 11.4 Å². The summed E-state index contributed by atoms with van der Waals surface area (Å²) in [6, 6.07) is 5.71. The minimum absolute atomic E-state index is 0.0586. The first kappa shape index (κ1) is 19.2. The summed E-state index contributed by atoms with van der Waals surface area (Å²) in [6.07, 6.45) is 1.51. The lowest BCUT2D eigenvalue weighted by atomic mass is 9.97. The molecule has 2 N–H and O–H groups in total. The van der Waals surface area contributed by atoms with Crippen LogP contribution < -0.4 is 10.5 Å². The second-order valence-corrected chi connectivity index (χ2v) is 7.36. The average molecular weight is 390 g/mol. The number of hydrogen-bond acceptors (Lipinski definition) is 7. The third kappa shape index (κ3) is 4.38. The van der Waals surface area contributed by atoms with E-state index in [1.54, 1.807) is 16.7 Å². The number of thioether (sulfide) groups is 1. The minimum Gasteiger partial charge on any atom is -0.494 e. The van der Waals surface area contributed by atoms with Gasteiger partial charge in [0, 0.05) is 13.1 Å². The van der Waals surface area contributed by atoms with Crippen molar-refractivity contribution in [3.63, 3.8) is 0 Å². The van der Waals surface area contributed by atoms with Crippen LogP contribution in [0, 0.1) is 12.8 Å². The molecule has 0 aliphatic carbocycles. The van der Waals surface area contributed by atoms with Gasteiger partial charge in [-0.2, -0.15) is 4.68 Å². The zero-order valence-corrected chi connectivity index (χ0v) is 16.1. The van der Waals surface area contributed by atoms with Crippen molar-refractivity contribution in [3.8, 4) is 11.4 Å². The highest BCUT2D eigenvalue weighted by Gasteiger charge is 2.27. The molecule has 1 atom stereocenters. The molecule has 1 aliphatic heterocycles. The predicted molar refractivity (Wildman–Crippen MR) is 99.7 cm³/mol. The first-order chi connectivity index (χ1) is 13.0. The number of carbonyl (C=O) groups excluding carboxylic acids is 2. The zero-order valence-electron chi connectivity index (χ0n) is 15.3. The number of nitrogens with zero attached hydrogens (tertiary/aromatic N) is 5. The summed E-state index contributed by atoms with van der Waals surface area (Å²) < 4.78 is 6.95. The quantitative estimate of drug-likeness (QED) is 0.725. The average Bonchev–Trinajstić information content (AvgIpc) is 3.14. The first-order valence-electron chi connectivity index (χ1n) is 8.63. The minimum atomic E-state index is -0.351. The molecule has 3 rings (SSSR count). The van der Waals surface area contributed by atoms with Gasteiger partial charge in [-0.1, -0.05) is 17.8 Å². The summed E-state index contributed by atoms with van der Waals surface area (Å²) >= 11 is 1.25. The van der Waals surface area contributed by atoms with Crippen LogP contribution in [-0.2, 0) is 9.59 Å². The Morgan fingerprint density at radius 1 is 1.41 bits per heavy atom. The van der Waals surface area contributed by atoms with Crippen LogP contribution in [0.3, 0.4) is 0 Å². The Bertz CT molecular complexity index is 840. The van der Waals surface area contributed by atoms with Gasteiger partial charge in [0.15, 0.2) is 0 Å². The van der Waals surface area contributed by atoms with Crippen LogP contribution in [0.5, 0.6) is 5.75 Å². The molecular formula is C17H22N6O3S. The molecule has 144 valence electrons. The number of rotatable bonds is 6. The molecule has 2 heterocycles. The Morgan fingerprint density at radius 2 is 2.22 bits per heavy atom. The van der Waals surface area contributed by atoms with Crippen LogP contribution in [-0.4, -0.2) is 62.9 Å². The topological polar surface area (TPSA) is 116 Å². The number of piperidine rings is 1. The third-order valence-corrected chi connectivity index (χ3v) is 5.41. The Labute approximate surface area is 161 Å². The second-order valence-electron chi connectivity index (χ2n) is 6.42. The zero-order chi connectivity index (χ0) is 19.4. The predicted octanol–water partition coefficient (Wildman–Crippen LogP) is 0.795. The molecule has 0 spiro atoms. The number of benzene rings is 1. The summed E-state index contributed by atoms with van der Waals surface area (Å²) in [5, 5.41) is 12.3. The van der Waals surface area contributed by atoms with Crippen LogP contribution in [0.25, 0.3) is 5.69 Å². The Morgan fingerprint density at radius 3 is 2.96 bits per heavy atom. The summed E-state index contributed by atoms with van der Waals surface area (Å²) in [6.45, 7) is 2.99. The molecule has 27 heavy (non-hydrogen) atoms. The highest BCUT2D eigenvalue weighted by atomic mass is 32.2. The van der Waals surface area contributed by atoms with Gasteiger partial charge in [0.2, 0.25) is 17.0 Å². The van der Waals surface area contributed by atoms with Crippen LogP contribution in [0.1, 0.15) is 18.4 Å². The van der Waals surface area contributed by atoms with E-state index in [0.717, 1.165) is 18.4 Å². The molecule has 2 amide bonds. The van der Waals surface area contributed by atoms with Gasteiger partial charge in [-0.25, -0.2) is 0 Å². The molecule has 1 saturated heterocycles. The lowest BCUT2D eigenvalue weighted by Gasteiger charge is -2.31. The molecule has 1 aromatic heterocycles. The Kier molecular flexibility index (Phi) is 5.94. The van der Waals surface area contributed by atoms with Crippen molar-refractivity contribution in [2.45, 2.75) is 24.9 Å². The monoisotopic (exact) mass is 390 g/mol. The number of hydrogen-bond donors (Lipinski definition) is 1. The van der Waals surface area contributed by atoms with E-state index >= 15 is 0 Å². The van der Waals surface area contributed by atoms with Gasteiger partial charge in [-0.15, -0.1) is 5.10 Å². The second kappa shape index (κ2) is 8.38. The number of methoxy groups -OCH3 is 1. The number of amides is 2. The van der Waals surface area contributed by atoms with E-state index < -0.39 is 0 Å². The van der Waals surface area contributed by atoms with Gasteiger partial charge < -0.3 is 15.4 Å². The maximum absolute atomic E-state index is 12.5. The third-order valence-electron chi connectivity index (χ3n) is 4.50. The van der Waals surface area contributed by atoms with Crippen molar-refractivity contribution < 1.29 is 14.3 Å². The maximum Gasteiger partial charge on any atom is 0.233 e. The van der Waals surface area contributed by atoms with E-state index in [4.69, 9.17) is 10.5 Å². The Balaban J connectivity index is 1.70. The normalized spacial score (nSPS) is 17.0. The van der Waals surface area contributed by atoms with Crippen molar-refractivity contribution in [2.75, 3.05) is 26.0 Å². The van der Waals surface area contributed by atoms with Crippen molar-refractivity contribution in [3.05, 3.63) is 23.8 Å². The van der Waals surface area contributed by atoms with Crippen LogP contribution in [0.15, 0.2) is 23.4 Å². The van der Waals surface area contributed by atoms with E-state index in [0.29, 0.717) is 29.7 Å². The van der Waals surface area contributed by atoms with Crippen molar-refractivity contribution in [1.29, 1.82) is 0 Å². The molecule has 2 aromatic rings. The number of nitrogens with two attached hydrogens (primary N) is 1. The van der Waals surface area contributed by atoms with Crippen molar-refractivity contribution in [2.24, 2.45) is 11.7 Å². The van der Waals surface area contributed by atoms with Crippen LogP contribution in [0.4, 0.5) is 0 Å². The lowest BCUT2D eigenvalue weighted by Crippen LogP contribution is -2.44. The fourth-order valence-corrected chi connectivity index (χ4v) is 3.83. The molecule has 9 nitrogen and oxygen atoms in total. The Hall–Kier alpha value is -2.62. The van der Waals surface area contributed by atoms with Gasteiger partial charge in [0.05, 0.1) is 18.8 Å². The number of aryl methyl sites for hydroxylation is 1. The van der Waals surface area contributed by atoms with Gasteiger partial charge in [0.25, 0.3) is 0 Å². The fourth-order valence-electron chi connectivity index (χ4n) is 3.04. The fraction of sp³-hybridized carbons (Fsp3) is 0.471. The molecular weight excluding hydrogens is 368 g/mol. The van der Waals surface area contributed by atoms with E-state index in [-0.39, 0.29) is 23.5 Å². The lowest BCUT2D eigenvalue weighted by molar-refractivity contribution is -0.132. The number of primary amides is 1. The largest absolute Gasteiger partial charge is 0.494 e. The van der Waals surface area contributed by atoms with E-state index in [9.17, 15) is 9.59 Å². The van der Waals surface area contributed by atoms with Gasteiger partial charge in [-0.3, -0.25) is 9.59 Å². The van der Waals surface area contributed by atoms with E-state index in [1.165, 1.54) is 11.8 Å². The number of carbonyl (C=O) groups is 2. The number of ether oxygens (including phenoxy) is 1. The molecule has 0 unspecified atom stereocenters. The first-order valence-corrected chi connectivity index (χ1v) is 9.61. The summed E-state index contributed by atoms with van der Waals surface area (Å²) in [7, 11) is 1.58. The molecule has 1 fully saturated rings. The van der Waals surface area contributed by atoms with E-state index in [1.807, 2.05) is 25.1 Å². The standard InChI is InChI=1S/C17H22N6O3S/c1-11-5-6-14(26-2)13(8-11)23-17(19-20-21-23)27-10-15(24)22-7-3-4-12(9-22)16(18)25/h5-6,8,12H,3-4,7,9-10H2,1-2H3,(H2,18,25)/t12-/m0/s1. The van der Waals surface area contributed by atoms with Crippen LogP contribution in [0.2, 0.25) is 0 Å². The van der Waals surface area contributed by atoms with Gasteiger partial charge >= 0.3 is 0 Å². The van der Waals surface area contributed by atoms with Gasteiger partial charge in [-0.05, 0) is 47.9 Å². The number of likely N-dealkylation sites (tertiary alicyclic amines) is 1.